The topological polar surface area (TPSA) is 128 Å². The van der Waals surface area contributed by atoms with E-state index < -0.39 is 5.97 Å². The molecule has 0 unspecified atom stereocenters. The molecule has 0 spiro atoms. The Morgan fingerprint density at radius 1 is 1.19 bits per heavy atom. The number of nitrogens with zero attached hydrogens (tertiary/aromatic N) is 6. The highest BCUT2D eigenvalue weighted by Crippen LogP contribution is 2.31. The van der Waals surface area contributed by atoms with Crippen molar-refractivity contribution in [3.05, 3.63) is 53.9 Å². The quantitative estimate of drug-likeness (QED) is 0.359. The van der Waals surface area contributed by atoms with Crippen molar-refractivity contribution in [2.45, 2.75) is 45.3 Å². The summed E-state index contributed by atoms with van der Waals surface area (Å²) in [5.74, 6) is 0.262. The van der Waals surface area contributed by atoms with Crippen LogP contribution in [-0.2, 0) is 18.4 Å². The molecule has 2 N–H and O–H groups in total. The first kappa shape index (κ1) is 23.9. The van der Waals surface area contributed by atoms with Crippen LogP contribution in [0.2, 0.25) is 0 Å². The lowest BCUT2D eigenvalue weighted by Gasteiger charge is -2.27. The lowest BCUT2D eigenvalue weighted by atomic mass is 9.87. The number of benzene rings is 1. The first-order valence-corrected chi connectivity index (χ1v) is 12.6. The second-order valence-corrected chi connectivity index (χ2v) is 9.62. The molecule has 1 aliphatic rings. The predicted molar refractivity (Wildman–Crippen MR) is 136 cm³/mol. The van der Waals surface area contributed by atoms with Crippen LogP contribution >= 0.6 is 11.5 Å². The number of hydrogen-bond acceptors (Lipinski definition) is 9. The van der Waals surface area contributed by atoms with Gasteiger partial charge in [0.1, 0.15) is 11.4 Å². The maximum atomic E-state index is 11.4. The second-order valence-electron chi connectivity index (χ2n) is 8.87. The largest absolute Gasteiger partial charge is 0.489 e. The number of rotatable bonds is 8. The van der Waals surface area contributed by atoms with Gasteiger partial charge in [0, 0.05) is 24.1 Å². The molecule has 0 radical (unpaired) electrons. The summed E-state index contributed by atoms with van der Waals surface area (Å²) < 4.78 is 12.3. The average Bonchev–Trinajstić information content (AvgIpc) is 3.51. The molecule has 3 aromatic heterocycles. The van der Waals surface area contributed by atoms with Crippen molar-refractivity contribution in [3.63, 3.8) is 0 Å². The summed E-state index contributed by atoms with van der Waals surface area (Å²) in [7, 11) is 1.84. The monoisotopic (exact) mass is 505 g/mol. The standard InChI is InChI=1S/C25H27N7O3S/c1-15-21(35-18-10-6-9-17(13-18)24(33)34)12-11-19(27-15)22-20(32(2)31-29-22)14-26-25-28-23(30-36-25)16-7-4-3-5-8-16/h3-5,7-8,11-12,17-18H,6,9-10,13-14H2,1-2H3,(H,33,34)(H,26,28,30)/t17-,18-/m0/s1. The molecule has 11 heteroatoms. The fraction of sp³-hybridized carbons (Fsp3) is 0.360. The first-order chi connectivity index (χ1) is 17.5. The summed E-state index contributed by atoms with van der Waals surface area (Å²) in [6.45, 7) is 2.34. The summed E-state index contributed by atoms with van der Waals surface area (Å²) in [6, 6.07) is 13.6. The van der Waals surface area contributed by atoms with E-state index in [4.69, 9.17) is 9.72 Å². The second kappa shape index (κ2) is 10.4. The fourth-order valence-corrected chi connectivity index (χ4v) is 4.98. The molecule has 5 rings (SSSR count). The van der Waals surface area contributed by atoms with Crippen LogP contribution < -0.4 is 10.1 Å². The van der Waals surface area contributed by atoms with E-state index in [0.717, 1.165) is 29.8 Å². The van der Waals surface area contributed by atoms with Gasteiger partial charge in [0.25, 0.3) is 0 Å². The molecule has 2 atom stereocenters. The Kier molecular flexibility index (Phi) is 6.90. The van der Waals surface area contributed by atoms with Crippen LogP contribution in [0, 0.1) is 12.8 Å². The molecule has 0 saturated heterocycles. The summed E-state index contributed by atoms with van der Waals surface area (Å²) >= 11 is 1.31. The molecule has 0 bridgehead atoms. The van der Waals surface area contributed by atoms with Gasteiger partial charge in [-0.25, -0.2) is 9.67 Å². The Labute approximate surface area is 212 Å². The number of carboxylic acid groups (broad SMARTS) is 1. The number of pyridine rings is 1. The molecule has 3 heterocycles. The van der Waals surface area contributed by atoms with E-state index in [9.17, 15) is 9.90 Å². The number of aryl methyl sites for hydroxylation is 2. The number of carboxylic acids is 1. The Bertz CT molecular complexity index is 1350. The Morgan fingerprint density at radius 3 is 2.81 bits per heavy atom. The SMILES string of the molecule is Cc1nc(-c2nnn(C)c2CNc2nc(-c3ccccc3)ns2)ccc1O[C@H]1CCC[C@H](C(=O)O)C1. The average molecular weight is 506 g/mol. The normalized spacial score (nSPS) is 17.6. The highest BCUT2D eigenvalue weighted by Gasteiger charge is 2.28. The van der Waals surface area contributed by atoms with Crippen molar-refractivity contribution in [2.75, 3.05) is 5.32 Å². The van der Waals surface area contributed by atoms with E-state index in [1.165, 1.54) is 11.5 Å². The van der Waals surface area contributed by atoms with E-state index in [0.29, 0.717) is 47.5 Å². The van der Waals surface area contributed by atoms with Gasteiger partial charge in [-0.3, -0.25) is 4.79 Å². The Morgan fingerprint density at radius 2 is 2.03 bits per heavy atom. The third-order valence-corrected chi connectivity index (χ3v) is 7.03. The third-order valence-electron chi connectivity index (χ3n) is 6.36. The molecule has 0 amide bonds. The number of ether oxygens (including phenoxy) is 1. The van der Waals surface area contributed by atoms with E-state index in [1.54, 1.807) is 4.68 Å². The Balaban J connectivity index is 1.28. The lowest BCUT2D eigenvalue weighted by molar-refractivity contribution is -0.143. The highest BCUT2D eigenvalue weighted by atomic mass is 32.1. The van der Waals surface area contributed by atoms with Crippen molar-refractivity contribution in [1.29, 1.82) is 0 Å². The Hall–Kier alpha value is -3.86. The van der Waals surface area contributed by atoms with Gasteiger partial charge in [-0.2, -0.15) is 9.36 Å². The van der Waals surface area contributed by atoms with Crippen LogP contribution in [0.5, 0.6) is 5.75 Å². The van der Waals surface area contributed by atoms with E-state index in [2.05, 4.69) is 25.0 Å². The molecule has 36 heavy (non-hydrogen) atoms. The minimum Gasteiger partial charge on any atom is -0.489 e. The van der Waals surface area contributed by atoms with Gasteiger partial charge in [-0.15, -0.1) is 5.10 Å². The lowest BCUT2D eigenvalue weighted by Crippen LogP contribution is -2.29. The van der Waals surface area contributed by atoms with Crippen LogP contribution in [0.15, 0.2) is 42.5 Å². The number of hydrogen-bond donors (Lipinski definition) is 2. The van der Waals surface area contributed by atoms with Gasteiger partial charge in [-0.1, -0.05) is 35.5 Å². The van der Waals surface area contributed by atoms with E-state index >= 15 is 0 Å². The summed E-state index contributed by atoms with van der Waals surface area (Å²) in [5.41, 5.74) is 3.93. The van der Waals surface area contributed by atoms with Gasteiger partial charge in [0.2, 0.25) is 5.13 Å². The maximum Gasteiger partial charge on any atom is 0.306 e. The third kappa shape index (κ3) is 5.20. The molecule has 1 saturated carbocycles. The molecule has 0 aliphatic heterocycles. The molecular weight excluding hydrogens is 478 g/mol. The summed E-state index contributed by atoms with van der Waals surface area (Å²) in [5, 5.41) is 21.9. The summed E-state index contributed by atoms with van der Waals surface area (Å²) in [6.07, 6.45) is 2.81. The molecule has 1 aliphatic carbocycles. The van der Waals surface area contributed by atoms with Crippen LogP contribution in [0.25, 0.3) is 22.8 Å². The molecule has 1 aromatic carbocycles. The molecule has 186 valence electrons. The van der Waals surface area contributed by atoms with E-state index in [-0.39, 0.29) is 12.0 Å². The molecule has 4 aromatic rings. The molecule has 10 nitrogen and oxygen atoms in total. The van der Waals surface area contributed by atoms with Crippen LogP contribution in [-0.4, -0.2) is 46.5 Å². The van der Waals surface area contributed by atoms with Crippen molar-refractivity contribution >= 4 is 22.6 Å². The van der Waals surface area contributed by atoms with Crippen LogP contribution in [0.3, 0.4) is 0 Å². The van der Waals surface area contributed by atoms with Crippen molar-refractivity contribution in [2.24, 2.45) is 13.0 Å². The van der Waals surface area contributed by atoms with Crippen molar-refractivity contribution in [3.8, 4) is 28.5 Å². The van der Waals surface area contributed by atoms with Gasteiger partial charge >= 0.3 is 5.97 Å². The number of anilines is 1. The first-order valence-electron chi connectivity index (χ1n) is 11.9. The zero-order chi connectivity index (χ0) is 25.1. The van der Waals surface area contributed by atoms with Gasteiger partial charge < -0.3 is 15.2 Å². The smallest absolute Gasteiger partial charge is 0.306 e. The number of aromatic nitrogens is 6. The summed E-state index contributed by atoms with van der Waals surface area (Å²) in [4.78, 5) is 20.7. The van der Waals surface area contributed by atoms with Gasteiger partial charge in [0.05, 0.1) is 35.6 Å². The zero-order valence-corrected chi connectivity index (χ0v) is 20.9. The van der Waals surface area contributed by atoms with Crippen molar-refractivity contribution in [1.82, 2.24) is 29.3 Å². The van der Waals surface area contributed by atoms with E-state index in [1.807, 2.05) is 56.4 Å². The fourth-order valence-electron chi connectivity index (χ4n) is 4.39. The highest BCUT2D eigenvalue weighted by molar-refractivity contribution is 7.09. The minimum absolute atomic E-state index is 0.116. The molecular formula is C25H27N7O3S. The van der Waals surface area contributed by atoms with Crippen molar-refractivity contribution < 1.29 is 14.6 Å². The predicted octanol–water partition coefficient (Wildman–Crippen LogP) is 4.34. The number of aliphatic carboxylic acids is 1. The minimum atomic E-state index is -0.748. The zero-order valence-electron chi connectivity index (χ0n) is 20.1. The van der Waals surface area contributed by atoms with Crippen LogP contribution in [0.1, 0.15) is 37.1 Å². The number of carbonyl (C=O) groups is 1. The maximum absolute atomic E-state index is 11.4. The molecule has 1 fully saturated rings. The van der Waals surface area contributed by atoms with Gasteiger partial charge in [-0.05, 0) is 44.7 Å². The van der Waals surface area contributed by atoms with Crippen LogP contribution in [0.4, 0.5) is 5.13 Å². The van der Waals surface area contributed by atoms with Gasteiger partial charge in [0.15, 0.2) is 5.82 Å². The number of nitrogens with one attached hydrogen (secondary N) is 1.